The second-order valence-corrected chi connectivity index (χ2v) is 8.90. The van der Waals surface area contributed by atoms with E-state index in [4.69, 9.17) is 9.73 Å². The number of nitrogens with zero attached hydrogens (tertiary/aromatic N) is 1. The molecule has 160 valence electrons. The molecule has 0 radical (unpaired) electrons. The van der Waals surface area contributed by atoms with Crippen LogP contribution in [0.1, 0.15) is 62.1 Å². The Balaban J connectivity index is 1.79. The Bertz CT molecular complexity index is 1050. The number of ether oxygens (including phenoxy) is 1. The van der Waals surface area contributed by atoms with Crippen molar-refractivity contribution in [1.82, 2.24) is 0 Å². The van der Waals surface area contributed by atoms with Gasteiger partial charge in [-0.1, -0.05) is 60.2 Å². The second kappa shape index (κ2) is 8.62. The minimum Gasteiger partial charge on any atom is -0.460 e. The van der Waals surface area contributed by atoms with Gasteiger partial charge in [0.25, 0.3) is 0 Å². The summed E-state index contributed by atoms with van der Waals surface area (Å²) in [5.41, 5.74) is 5.32. The first-order valence-electron chi connectivity index (χ1n) is 11.0. The number of aliphatic imine (C=N–C) groups is 1. The Morgan fingerprint density at radius 1 is 0.935 bits per heavy atom. The van der Waals surface area contributed by atoms with E-state index < -0.39 is 5.92 Å². The van der Waals surface area contributed by atoms with Gasteiger partial charge in [-0.25, -0.2) is 4.79 Å². The standard InChI is InChI=1S/C27H29NO3/c1-16(2)31-27(30)24-18(4)28-22-14-21(19-8-6-5-7-9-19)15-23(29)26(22)25(24)20-12-10-17(3)11-13-20/h5-13,16,21,25-26H,14-15H2,1-4H3/t21-,25+,26?/m1/s1. The summed E-state index contributed by atoms with van der Waals surface area (Å²) >= 11 is 0. The van der Waals surface area contributed by atoms with E-state index >= 15 is 0 Å². The number of allylic oxidation sites excluding steroid dienone is 1. The third-order valence-electron chi connectivity index (χ3n) is 6.22. The van der Waals surface area contributed by atoms with Crippen LogP contribution in [0.5, 0.6) is 0 Å². The number of aryl methyl sites for hydroxylation is 1. The zero-order valence-corrected chi connectivity index (χ0v) is 18.6. The number of hydrogen-bond donors (Lipinski definition) is 0. The van der Waals surface area contributed by atoms with Crippen molar-refractivity contribution in [3.05, 3.63) is 82.6 Å². The van der Waals surface area contributed by atoms with Gasteiger partial charge in [-0.2, -0.15) is 0 Å². The minimum absolute atomic E-state index is 0.124. The molecule has 1 aliphatic heterocycles. The highest BCUT2D eigenvalue weighted by atomic mass is 16.5. The van der Waals surface area contributed by atoms with Crippen molar-refractivity contribution in [3.63, 3.8) is 0 Å². The molecule has 1 unspecified atom stereocenters. The van der Waals surface area contributed by atoms with Gasteiger partial charge in [-0.15, -0.1) is 0 Å². The fourth-order valence-corrected chi connectivity index (χ4v) is 4.81. The van der Waals surface area contributed by atoms with Gasteiger partial charge in [0, 0.05) is 23.7 Å². The lowest BCUT2D eigenvalue weighted by molar-refractivity contribution is -0.143. The van der Waals surface area contributed by atoms with E-state index in [1.807, 2.05) is 70.2 Å². The van der Waals surface area contributed by atoms with Crippen LogP contribution in [0.15, 0.2) is 70.9 Å². The third kappa shape index (κ3) is 4.25. The molecule has 2 aromatic carbocycles. The maximum Gasteiger partial charge on any atom is 0.336 e. The van der Waals surface area contributed by atoms with Crippen molar-refractivity contribution in [1.29, 1.82) is 0 Å². The maximum atomic E-state index is 13.5. The van der Waals surface area contributed by atoms with Crippen LogP contribution in [-0.4, -0.2) is 23.6 Å². The zero-order chi connectivity index (χ0) is 22.1. The summed E-state index contributed by atoms with van der Waals surface area (Å²) in [7, 11) is 0. The summed E-state index contributed by atoms with van der Waals surface area (Å²) in [6.45, 7) is 7.56. The van der Waals surface area contributed by atoms with Crippen molar-refractivity contribution in [3.8, 4) is 0 Å². The lowest BCUT2D eigenvalue weighted by Gasteiger charge is -2.38. The van der Waals surface area contributed by atoms with Crippen molar-refractivity contribution in [2.75, 3.05) is 0 Å². The van der Waals surface area contributed by atoms with E-state index in [0.717, 1.165) is 28.8 Å². The van der Waals surface area contributed by atoms with Crippen molar-refractivity contribution >= 4 is 17.5 Å². The molecule has 0 N–H and O–H groups in total. The summed E-state index contributed by atoms with van der Waals surface area (Å²) in [5, 5.41) is 0. The molecule has 2 aliphatic rings. The molecule has 4 heteroatoms. The molecular formula is C27H29NO3. The Morgan fingerprint density at radius 3 is 2.26 bits per heavy atom. The molecule has 1 aliphatic carbocycles. The Hall–Kier alpha value is -3.01. The highest BCUT2D eigenvalue weighted by Gasteiger charge is 2.46. The number of esters is 1. The summed E-state index contributed by atoms with van der Waals surface area (Å²) in [6, 6.07) is 18.3. The number of benzene rings is 2. The topological polar surface area (TPSA) is 55.7 Å². The first-order valence-corrected chi connectivity index (χ1v) is 11.0. The van der Waals surface area contributed by atoms with Crippen molar-refractivity contribution in [2.45, 2.75) is 58.5 Å². The summed E-state index contributed by atoms with van der Waals surface area (Å²) in [6.07, 6.45) is 0.954. The lowest BCUT2D eigenvalue weighted by atomic mass is 9.66. The Morgan fingerprint density at radius 2 is 1.61 bits per heavy atom. The van der Waals surface area contributed by atoms with Gasteiger partial charge in [-0.05, 0) is 51.2 Å². The van der Waals surface area contributed by atoms with E-state index in [1.54, 1.807) is 0 Å². The number of rotatable bonds is 4. The molecule has 1 fully saturated rings. The highest BCUT2D eigenvalue weighted by Crippen LogP contribution is 2.46. The average Bonchev–Trinajstić information content (AvgIpc) is 2.73. The van der Waals surface area contributed by atoms with E-state index in [9.17, 15) is 9.59 Å². The molecule has 4 nitrogen and oxygen atoms in total. The second-order valence-electron chi connectivity index (χ2n) is 8.90. The van der Waals surface area contributed by atoms with Gasteiger partial charge in [0.1, 0.15) is 5.78 Å². The summed E-state index contributed by atoms with van der Waals surface area (Å²) in [4.78, 5) is 31.4. The van der Waals surface area contributed by atoms with Crippen molar-refractivity contribution in [2.24, 2.45) is 10.9 Å². The molecule has 1 heterocycles. The van der Waals surface area contributed by atoms with E-state index in [1.165, 1.54) is 0 Å². The van der Waals surface area contributed by atoms with Crippen molar-refractivity contribution < 1.29 is 14.3 Å². The van der Waals surface area contributed by atoms with Crippen LogP contribution >= 0.6 is 0 Å². The molecule has 31 heavy (non-hydrogen) atoms. The van der Waals surface area contributed by atoms with Gasteiger partial charge in [0.2, 0.25) is 0 Å². The van der Waals surface area contributed by atoms with Crippen LogP contribution in [0.2, 0.25) is 0 Å². The van der Waals surface area contributed by atoms with Crippen LogP contribution < -0.4 is 0 Å². The van der Waals surface area contributed by atoms with E-state index in [2.05, 4.69) is 12.1 Å². The smallest absolute Gasteiger partial charge is 0.336 e. The van der Waals surface area contributed by atoms with Gasteiger partial charge < -0.3 is 4.74 Å². The molecule has 2 aromatic rings. The number of carbonyl (C=O) groups excluding carboxylic acids is 2. The predicted octanol–water partition coefficient (Wildman–Crippen LogP) is 5.52. The molecule has 0 spiro atoms. The molecular weight excluding hydrogens is 386 g/mol. The van der Waals surface area contributed by atoms with Gasteiger partial charge >= 0.3 is 5.97 Å². The number of fused-ring (bicyclic) bond motifs is 1. The molecule has 0 aromatic heterocycles. The van der Waals surface area contributed by atoms with Gasteiger partial charge in [0.05, 0.1) is 17.6 Å². The number of hydrogen-bond acceptors (Lipinski definition) is 4. The van der Waals surface area contributed by atoms with Crippen LogP contribution in [0.25, 0.3) is 0 Å². The van der Waals surface area contributed by atoms with Crippen LogP contribution in [0.4, 0.5) is 0 Å². The van der Waals surface area contributed by atoms with Crippen LogP contribution in [0, 0.1) is 12.8 Å². The SMILES string of the molecule is CC1=C(C(=O)OC(C)C)[C@H](c2ccc(C)cc2)C2C(=O)C[C@H](c3ccccc3)CC2=N1. The van der Waals surface area contributed by atoms with Gasteiger partial charge in [0.15, 0.2) is 0 Å². The monoisotopic (exact) mass is 415 g/mol. The largest absolute Gasteiger partial charge is 0.460 e. The number of carbonyl (C=O) groups is 2. The Labute approximate surface area is 184 Å². The first-order chi connectivity index (χ1) is 14.8. The van der Waals surface area contributed by atoms with Crippen LogP contribution in [-0.2, 0) is 14.3 Å². The number of ketones is 1. The quantitative estimate of drug-likeness (QED) is 0.618. The fraction of sp³-hybridized carbons (Fsp3) is 0.370. The highest BCUT2D eigenvalue weighted by molar-refractivity contribution is 6.12. The zero-order valence-electron chi connectivity index (χ0n) is 18.6. The molecule has 1 saturated carbocycles. The first kappa shape index (κ1) is 21.2. The third-order valence-corrected chi connectivity index (χ3v) is 6.22. The summed E-state index contributed by atoms with van der Waals surface area (Å²) in [5.74, 6) is -0.880. The molecule has 0 amide bonds. The fourth-order valence-electron chi connectivity index (χ4n) is 4.81. The van der Waals surface area contributed by atoms with Crippen LogP contribution in [0.3, 0.4) is 0 Å². The molecule has 4 rings (SSSR count). The number of Topliss-reactive ketones (excluding diaryl/α,β-unsaturated/α-hetero) is 1. The average molecular weight is 416 g/mol. The molecule has 0 bridgehead atoms. The normalized spacial score (nSPS) is 23.5. The van der Waals surface area contributed by atoms with Gasteiger partial charge in [-0.3, -0.25) is 9.79 Å². The van der Waals surface area contributed by atoms with E-state index in [-0.39, 0.29) is 29.7 Å². The maximum absolute atomic E-state index is 13.5. The summed E-state index contributed by atoms with van der Waals surface area (Å²) < 4.78 is 5.56. The predicted molar refractivity (Wildman–Crippen MR) is 122 cm³/mol. The lowest BCUT2D eigenvalue weighted by Crippen LogP contribution is -2.41. The molecule has 0 saturated heterocycles. The van der Waals surface area contributed by atoms with E-state index in [0.29, 0.717) is 17.7 Å². The Kier molecular flexibility index (Phi) is 5.90. The molecule has 3 atom stereocenters. The minimum atomic E-state index is -0.416.